The second-order valence-corrected chi connectivity index (χ2v) is 7.55. The molecule has 0 aromatic heterocycles. The zero-order chi connectivity index (χ0) is 19.6. The van der Waals surface area contributed by atoms with Crippen molar-refractivity contribution < 1.29 is 14.3 Å². The predicted molar refractivity (Wildman–Crippen MR) is 111 cm³/mol. The molecule has 28 heavy (non-hydrogen) atoms. The summed E-state index contributed by atoms with van der Waals surface area (Å²) in [5.74, 6) is 0.909. The Morgan fingerprint density at radius 3 is 2.29 bits per heavy atom. The van der Waals surface area contributed by atoms with Crippen molar-refractivity contribution in [1.82, 2.24) is 4.90 Å². The molecule has 1 heterocycles. The molecule has 1 fully saturated rings. The normalized spacial score (nSPS) is 15.0. The summed E-state index contributed by atoms with van der Waals surface area (Å²) in [6, 6.07) is 18.7. The number of nitrogens with zero attached hydrogens (tertiary/aromatic N) is 1. The van der Waals surface area contributed by atoms with Crippen LogP contribution in [0.25, 0.3) is 0 Å². The maximum atomic E-state index is 12.5. The quantitative estimate of drug-likeness (QED) is 0.619. The minimum Gasteiger partial charge on any atom is -0.382 e. The van der Waals surface area contributed by atoms with Gasteiger partial charge < -0.3 is 14.4 Å². The minimum atomic E-state index is 0.252. The van der Waals surface area contributed by atoms with E-state index < -0.39 is 0 Å². The molecule has 4 nitrogen and oxygen atoms in total. The van der Waals surface area contributed by atoms with Crippen LogP contribution in [0.4, 0.5) is 0 Å². The van der Waals surface area contributed by atoms with E-state index in [4.69, 9.17) is 9.47 Å². The molecule has 3 rings (SSSR count). The molecule has 0 spiro atoms. The summed E-state index contributed by atoms with van der Waals surface area (Å²) in [6.45, 7) is 3.64. The van der Waals surface area contributed by atoms with E-state index in [1.807, 2.05) is 35.2 Å². The van der Waals surface area contributed by atoms with Gasteiger partial charge in [-0.05, 0) is 41.9 Å². The molecule has 1 aliphatic rings. The lowest BCUT2D eigenvalue weighted by Crippen LogP contribution is -2.39. The first kappa shape index (κ1) is 20.6. The van der Waals surface area contributed by atoms with Crippen molar-refractivity contribution in [3.8, 4) is 0 Å². The molecule has 2 aromatic rings. The molecule has 4 heteroatoms. The van der Waals surface area contributed by atoms with Crippen molar-refractivity contribution >= 4 is 5.91 Å². The van der Waals surface area contributed by atoms with Crippen LogP contribution in [-0.4, -0.2) is 44.2 Å². The van der Waals surface area contributed by atoms with Crippen LogP contribution in [0.5, 0.6) is 0 Å². The average molecular weight is 382 g/mol. The van der Waals surface area contributed by atoms with Gasteiger partial charge >= 0.3 is 0 Å². The highest BCUT2D eigenvalue weighted by Crippen LogP contribution is 2.22. The Hall–Kier alpha value is -2.17. The lowest BCUT2D eigenvalue weighted by Gasteiger charge is -2.32. The van der Waals surface area contributed by atoms with Gasteiger partial charge in [0.15, 0.2) is 0 Å². The zero-order valence-corrected chi connectivity index (χ0v) is 16.8. The van der Waals surface area contributed by atoms with Crippen LogP contribution in [0.15, 0.2) is 54.6 Å². The van der Waals surface area contributed by atoms with Gasteiger partial charge in [-0.1, -0.05) is 54.6 Å². The fraction of sp³-hybridized carbons (Fsp3) is 0.458. The number of amides is 1. The summed E-state index contributed by atoms with van der Waals surface area (Å²) in [4.78, 5) is 14.5. The Bertz CT molecular complexity index is 706. The number of hydrogen-bond acceptors (Lipinski definition) is 3. The predicted octanol–water partition coefficient (Wildman–Crippen LogP) is 3.87. The molecule has 1 aliphatic heterocycles. The van der Waals surface area contributed by atoms with Gasteiger partial charge in [0.25, 0.3) is 0 Å². The Morgan fingerprint density at radius 2 is 1.61 bits per heavy atom. The lowest BCUT2D eigenvalue weighted by molar-refractivity contribution is -0.131. The van der Waals surface area contributed by atoms with Crippen LogP contribution in [0, 0.1) is 5.92 Å². The largest absolute Gasteiger partial charge is 0.382 e. The fourth-order valence-corrected chi connectivity index (χ4v) is 3.71. The van der Waals surface area contributed by atoms with Crippen molar-refractivity contribution in [1.29, 1.82) is 0 Å². The van der Waals surface area contributed by atoms with E-state index in [1.165, 1.54) is 11.1 Å². The van der Waals surface area contributed by atoms with Gasteiger partial charge in [0.05, 0.1) is 26.2 Å². The third kappa shape index (κ3) is 6.47. The molecule has 0 radical (unpaired) electrons. The molecule has 0 aliphatic carbocycles. The molecule has 0 bridgehead atoms. The number of rotatable bonds is 9. The van der Waals surface area contributed by atoms with Gasteiger partial charge in [0.2, 0.25) is 5.91 Å². The molecule has 150 valence electrons. The Morgan fingerprint density at radius 1 is 0.929 bits per heavy atom. The maximum absolute atomic E-state index is 12.5. The van der Waals surface area contributed by atoms with Gasteiger partial charge in [0.1, 0.15) is 0 Å². The third-order valence-corrected chi connectivity index (χ3v) is 5.41. The molecule has 2 aromatic carbocycles. The summed E-state index contributed by atoms with van der Waals surface area (Å²) in [6.07, 6.45) is 3.77. The molecule has 1 amide bonds. The van der Waals surface area contributed by atoms with E-state index in [-0.39, 0.29) is 5.91 Å². The van der Waals surface area contributed by atoms with Gasteiger partial charge in [-0.15, -0.1) is 0 Å². The second-order valence-electron chi connectivity index (χ2n) is 7.55. The Labute approximate surface area is 168 Å². The molecular weight excluding hydrogens is 350 g/mol. The van der Waals surface area contributed by atoms with Crippen LogP contribution < -0.4 is 0 Å². The Balaban J connectivity index is 1.39. The van der Waals surface area contributed by atoms with E-state index in [0.717, 1.165) is 37.9 Å². The summed E-state index contributed by atoms with van der Waals surface area (Å²) in [5.41, 5.74) is 3.66. The number of hydrogen-bond donors (Lipinski definition) is 0. The van der Waals surface area contributed by atoms with Crippen LogP contribution in [0.2, 0.25) is 0 Å². The smallest absolute Gasteiger partial charge is 0.226 e. The highest BCUT2D eigenvalue weighted by Gasteiger charge is 2.22. The highest BCUT2D eigenvalue weighted by molar-refractivity contribution is 5.78. The first-order valence-corrected chi connectivity index (χ1v) is 10.2. The van der Waals surface area contributed by atoms with Crippen molar-refractivity contribution in [3.05, 3.63) is 71.3 Å². The lowest BCUT2D eigenvalue weighted by atomic mass is 9.89. The molecule has 0 atom stereocenters. The number of carbonyl (C=O) groups excluding carboxylic acids is 1. The van der Waals surface area contributed by atoms with Crippen LogP contribution in [0.3, 0.4) is 0 Å². The zero-order valence-electron chi connectivity index (χ0n) is 16.8. The van der Waals surface area contributed by atoms with Crippen LogP contribution >= 0.6 is 0 Å². The standard InChI is InChI=1S/C24H31NO3/c1-27-15-16-28-19-23-9-7-21(8-10-23)17-22-11-13-25(14-12-22)24(26)18-20-5-3-2-4-6-20/h2-10,22H,11-19H2,1H3. The number of ether oxygens (including phenoxy) is 2. The number of methoxy groups -OCH3 is 1. The molecular formula is C24H31NO3. The summed E-state index contributed by atoms with van der Waals surface area (Å²) >= 11 is 0. The SMILES string of the molecule is COCCOCc1ccc(CC2CCN(C(=O)Cc3ccccc3)CC2)cc1. The van der Waals surface area contributed by atoms with E-state index in [9.17, 15) is 4.79 Å². The van der Waals surface area contributed by atoms with Gasteiger partial charge in [-0.2, -0.15) is 0 Å². The second kappa shape index (κ2) is 11.0. The van der Waals surface area contributed by atoms with Crippen LogP contribution in [0.1, 0.15) is 29.5 Å². The molecule has 1 saturated heterocycles. The highest BCUT2D eigenvalue weighted by atomic mass is 16.5. The first-order chi connectivity index (χ1) is 13.7. The van der Waals surface area contributed by atoms with E-state index >= 15 is 0 Å². The summed E-state index contributed by atoms with van der Waals surface area (Å²) in [7, 11) is 1.68. The van der Waals surface area contributed by atoms with Crippen LogP contribution in [-0.2, 0) is 33.7 Å². The van der Waals surface area contributed by atoms with Gasteiger partial charge in [-0.3, -0.25) is 4.79 Å². The van der Waals surface area contributed by atoms with Crippen molar-refractivity contribution in [2.24, 2.45) is 5.92 Å². The number of carbonyl (C=O) groups is 1. The third-order valence-electron chi connectivity index (χ3n) is 5.41. The monoisotopic (exact) mass is 381 g/mol. The molecule has 0 unspecified atom stereocenters. The maximum Gasteiger partial charge on any atom is 0.226 e. The van der Waals surface area contributed by atoms with E-state index in [2.05, 4.69) is 24.3 Å². The van der Waals surface area contributed by atoms with Crippen molar-refractivity contribution in [2.45, 2.75) is 32.3 Å². The minimum absolute atomic E-state index is 0.252. The number of benzene rings is 2. The summed E-state index contributed by atoms with van der Waals surface area (Å²) in [5, 5.41) is 0. The van der Waals surface area contributed by atoms with Crippen molar-refractivity contribution in [2.75, 3.05) is 33.4 Å². The fourth-order valence-electron chi connectivity index (χ4n) is 3.71. The van der Waals surface area contributed by atoms with E-state index in [0.29, 0.717) is 32.2 Å². The van der Waals surface area contributed by atoms with E-state index in [1.54, 1.807) is 7.11 Å². The average Bonchev–Trinajstić information content (AvgIpc) is 2.74. The number of piperidine rings is 1. The van der Waals surface area contributed by atoms with Gasteiger partial charge in [-0.25, -0.2) is 0 Å². The summed E-state index contributed by atoms with van der Waals surface area (Å²) < 4.78 is 10.6. The van der Waals surface area contributed by atoms with Gasteiger partial charge in [0, 0.05) is 20.2 Å². The Kier molecular flexibility index (Phi) is 8.07. The van der Waals surface area contributed by atoms with Crippen molar-refractivity contribution in [3.63, 3.8) is 0 Å². The first-order valence-electron chi connectivity index (χ1n) is 10.2. The molecule has 0 saturated carbocycles. The number of likely N-dealkylation sites (tertiary alicyclic amines) is 1. The molecule has 0 N–H and O–H groups in total. The topological polar surface area (TPSA) is 38.8 Å².